The second-order valence-corrected chi connectivity index (χ2v) is 3.66. The predicted octanol–water partition coefficient (Wildman–Crippen LogP) is 2.53. The van der Waals surface area contributed by atoms with Gasteiger partial charge in [0, 0.05) is 17.8 Å². The van der Waals surface area contributed by atoms with E-state index in [1.807, 2.05) is 24.3 Å². The maximum absolute atomic E-state index is 5.50. The molecule has 0 unspecified atom stereocenters. The van der Waals surface area contributed by atoms with Crippen LogP contribution < -0.4 is 11.1 Å². The molecule has 3 N–H and O–H groups in total. The molecule has 0 bridgehead atoms. The molecule has 0 radical (unpaired) electrons. The standard InChI is InChI=1S/C11H16N2S/c1-2-3-8-13-10-6-4-9(5-7-10)11(12)14/h4-7,13H,2-3,8H2,1H3,(H2,12,14). The van der Waals surface area contributed by atoms with E-state index in [0.717, 1.165) is 17.8 Å². The first kappa shape index (κ1) is 11.0. The molecule has 76 valence electrons. The third-order valence-electron chi connectivity index (χ3n) is 2.03. The van der Waals surface area contributed by atoms with Gasteiger partial charge in [0.15, 0.2) is 0 Å². The van der Waals surface area contributed by atoms with Crippen LogP contribution in [0.15, 0.2) is 24.3 Å². The maximum atomic E-state index is 5.50. The zero-order chi connectivity index (χ0) is 10.4. The lowest BCUT2D eigenvalue weighted by molar-refractivity contribution is 0.834. The minimum atomic E-state index is 0.449. The van der Waals surface area contributed by atoms with Crippen molar-refractivity contribution in [2.45, 2.75) is 19.8 Å². The second-order valence-electron chi connectivity index (χ2n) is 3.22. The van der Waals surface area contributed by atoms with E-state index in [2.05, 4.69) is 12.2 Å². The highest BCUT2D eigenvalue weighted by Gasteiger charge is 1.95. The third kappa shape index (κ3) is 3.34. The minimum Gasteiger partial charge on any atom is -0.389 e. The fourth-order valence-electron chi connectivity index (χ4n) is 1.16. The zero-order valence-corrected chi connectivity index (χ0v) is 9.23. The number of nitrogens with two attached hydrogens (primary N) is 1. The molecule has 0 saturated carbocycles. The normalized spacial score (nSPS) is 9.79. The Morgan fingerprint density at radius 1 is 1.36 bits per heavy atom. The van der Waals surface area contributed by atoms with Crippen molar-refractivity contribution >= 4 is 22.9 Å². The first-order chi connectivity index (χ1) is 6.74. The van der Waals surface area contributed by atoms with Gasteiger partial charge < -0.3 is 11.1 Å². The molecule has 0 aliphatic carbocycles. The van der Waals surface area contributed by atoms with Crippen LogP contribution in [0.2, 0.25) is 0 Å². The summed E-state index contributed by atoms with van der Waals surface area (Å²) in [5.74, 6) is 0. The van der Waals surface area contributed by atoms with Gasteiger partial charge in [0.25, 0.3) is 0 Å². The van der Waals surface area contributed by atoms with Crippen molar-refractivity contribution in [2.75, 3.05) is 11.9 Å². The van der Waals surface area contributed by atoms with Gasteiger partial charge in [-0.15, -0.1) is 0 Å². The molecular formula is C11H16N2S. The van der Waals surface area contributed by atoms with Gasteiger partial charge in [-0.3, -0.25) is 0 Å². The van der Waals surface area contributed by atoms with Crippen molar-refractivity contribution in [3.05, 3.63) is 29.8 Å². The number of anilines is 1. The van der Waals surface area contributed by atoms with E-state index in [1.54, 1.807) is 0 Å². The molecule has 0 saturated heterocycles. The molecule has 0 aliphatic rings. The lowest BCUT2D eigenvalue weighted by atomic mass is 10.2. The Kier molecular flexibility index (Phi) is 4.40. The van der Waals surface area contributed by atoms with E-state index >= 15 is 0 Å². The Hall–Kier alpha value is -1.09. The summed E-state index contributed by atoms with van der Waals surface area (Å²) in [7, 11) is 0. The lowest BCUT2D eigenvalue weighted by Gasteiger charge is -2.05. The number of unbranched alkanes of at least 4 members (excludes halogenated alkanes) is 1. The first-order valence-electron chi connectivity index (χ1n) is 4.87. The first-order valence-corrected chi connectivity index (χ1v) is 5.28. The predicted molar refractivity (Wildman–Crippen MR) is 65.7 cm³/mol. The molecule has 3 heteroatoms. The molecule has 2 nitrogen and oxygen atoms in total. The number of thiocarbonyl (C=S) groups is 1. The third-order valence-corrected chi connectivity index (χ3v) is 2.26. The lowest BCUT2D eigenvalue weighted by Crippen LogP contribution is -2.09. The van der Waals surface area contributed by atoms with E-state index in [-0.39, 0.29) is 0 Å². The van der Waals surface area contributed by atoms with Crippen LogP contribution in [0.1, 0.15) is 25.3 Å². The van der Waals surface area contributed by atoms with Crippen molar-refractivity contribution < 1.29 is 0 Å². The topological polar surface area (TPSA) is 38.0 Å². The highest BCUT2D eigenvalue weighted by Crippen LogP contribution is 2.09. The van der Waals surface area contributed by atoms with Crippen LogP contribution in [-0.2, 0) is 0 Å². The van der Waals surface area contributed by atoms with Gasteiger partial charge in [0.05, 0.1) is 0 Å². The number of nitrogens with one attached hydrogen (secondary N) is 1. The van der Waals surface area contributed by atoms with Crippen LogP contribution in [0, 0.1) is 0 Å². The summed E-state index contributed by atoms with van der Waals surface area (Å²) in [6, 6.07) is 7.89. The summed E-state index contributed by atoms with van der Waals surface area (Å²) in [6.07, 6.45) is 2.40. The van der Waals surface area contributed by atoms with Gasteiger partial charge in [-0.05, 0) is 30.7 Å². The molecule has 14 heavy (non-hydrogen) atoms. The average molecular weight is 208 g/mol. The van der Waals surface area contributed by atoms with Crippen molar-refractivity contribution in [1.82, 2.24) is 0 Å². The summed E-state index contributed by atoms with van der Waals surface area (Å²) in [5, 5.41) is 3.33. The average Bonchev–Trinajstić information content (AvgIpc) is 2.19. The number of hydrogen-bond acceptors (Lipinski definition) is 2. The van der Waals surface area contributed by atoms with Gasteiger partial charge in [0.2, 0.25) is 0 Å². The Balaban J connectivity index is 2.51. The van der Waals surface area contributed by atoms with Gasteiger partial charge in [-0.25, -0.2) is 0 Å². The Bertz CT molecular complexity index is 293. The molecule has 0 fully saturated rings. The summed E-state index contributed by atoms with van der Waals surface area (Å²) >= 11 is 4.87. The van der Waals surface area contributed by atoms with Crippen molar-refractivity contribution in [3.63, 3.8) is 0 Å². The molecule has 0 aliphatic heterocycles. The number of benzene rings is 1. The van der Waals surface area contributed by atoms with E-state index in [0.29, 0.717) is 4.99 Å². The summed E-state index contributed by atoms with van der Waals surface area (Å²) < 4.78 is 0. The molecule has 0 spiro atoms. The van der Waals surface area contributed by atoms with Gasteiger partial charge in [-0.2, -0.15) is 0 Å². The van der Waals surface area contributed by atoms with Crippen LogP contribution in [0.5, 0.6) is 0 Å². The quantitative estimate of drug-likeness (QED) is 0.577. The number of rotatable bonds is 5. The van der Waals surface area contributed by atoms with Crippen LogP contribution in [0.3, 0.4) is 0 Å². The van der Waals surface area contributed by atoms with E-state index < -0.39 is 0 Å². The monoisotopic (exact) mass is 208 g/mol. The van der Waals surface area contributed by atoms with Crippen LogP contribution >= 0.6 is 12.2 Å². The fourth-order valence-corrected chi connectivity index (χ4v) is 1.30. The van der Waals surface area contributed by atoms with Crippen molar-refractivity contribution in [1.29, 1.82) is 0 Å². The van der Waals surface area contributed by atoms with Crippen LogP contribution in [-0.4, -0.2) is 11.5 Å². The Labute approximate surface area is 90.5 Å². The Morgan fingerprint density at radius 2 is 2.00 bits per heavy atom. The molecule has 1 aromatic rings. The van der Waals surface area contributed by atoms with Gasteiger partial charge >= 0.3 is 0 Å². The SMILES string of the molecule is CCCCNc1ccc(C(N)=S)cc1. The molecule has 0 amide bonds. The summed E-state index contributed by atoms with van der Waals surface area (Å²) in [6.45, 7) is 3.19. The zero-order valence-electron chi connectivity index (χ0n) is 8.42. The number of hydrogen-bond donors (Lipinski definition) is 2. The molecule has 0 heterocycles. The van der Waals surface area contributed by atoms with Gasteiger partial charge in [0.1, 0.15) is 4.99 Å². The molecule has 0 aromatic heterocycles. The highest BCUT2D eigenvalue weighted by atomic mass is 32.1. The smallest absolute Gasteiger partial charge is 0.103 e. The van der Waals surface area contributed by atoms with E-state index in [1.165, 1.54) is 12.8 Å². The van der Waals surface area contributed by atoms with E-state index in [9.17, 15) is 0 Å². The molecule has 1 rings (SSSR count). The van der Waals surface area contributed by atoms with Crippen molar-refractivity contribution in [3.8, 4) is 0 Å². The van der Waals surface area contributed by atoms with Crippen LogP contribution in [0.4, 0.5) is 5.69 Å². The molecule has 1 aromatic carbocycles. The van der Waals surface area contributed by atoms with Crippen LogP contribution in [0.25, 0.3) is 0 Å². The minimum absolute atomic E-state index is 0.449. The van der Waals surface area contributed by atoms with E-state index in [4.69, 9.17) is 18.0 Å². The fraction of sp³-hybridized carbons (Fsp3) is 0.364. The Morgan fingerprint density at radius 3 is 2.50 bits per heavy atom. The second kappa shape index (κ2) is 5.60. The molecule has 0 atom stereocenters. The molecular weight excluding hydrogens is 192 g/mol. The highest BCUT2D eigenvalue weighted by molar-refractivity contribution is 7.80. The van der Waals surface area contributed by atoms with Gasteiger partial charge in [-0.1, -0.05) is 25.6 Å². The maximum Gasteiger partial charge on any atom is 0.103 e. The van der Waals surface area contributed by atoms with Crippen molar-refractivity contribution in [2.24, 2.45) is 5.73 Å². The largest absolute Gasteiger partial charge is 0.389 e. The summed E-state index contributed by atoms with van der Waals surface area (Å²) in [4.78, 5) is 0.449. The summed E-state index contributed by atoms with van der Waals surface area (Å²) in [5.41, 5.74) is 7.54.